The van der Waals surface area contributed by atoms with E-state index < -0.39 is 0 Å². The minimum Gasteiger partial charge on any atom is -0.495 e. The van der Waals surface area contributed by atoms with Crippen LogP contribution in [0.2, 0.25) is 0 Å². The maximum absolute atomic E-state index is 6.86. The highest BCUT2D eigenvalue weighted by Crippen LogP contribution is 2.44. The van der Waals surface area contributed by atoms with Crippen LogP contribution in [0.4, 0.5) is 17.1 Å². The Kier molecular flexibility index (Phi) is 8.01. The number of nitrogen functional groups attached to an aromatic ring is 3. The van der Waals surface area contributed by atoms with E-state index in [1.807, 2.05) is 78.9 Å². The second kappa shape index (κ2) is 12.0. The molecule has 0 fully saturated rings. The monoisotopic (exact) mass is 545 g/mol. The van der Waals surface area contributed by atoms with Crippen molar-refractivity contribution >= 4 is 17.1 Å². The predicted molar refractivity (Wildman–Crippen MR) is 167 cm³/mol. The Labute approximate surface area is 241 Å². The fraction of sp³-hybridized carbons (Fsp3) is 0.143. The lowest BCUT2D eigenvalue weighted by atomic mass is 9.79. The average Bonchev–Trinajstić information content (AvgIpc) is 3.01. The molecule has 2 unspecified atom stereocenters. The molecule has 0 saturated carbocycles. The van der Waals surface area contributed by atoms with E-state index in [1.54, 1.807) is 21.3 Å². The molecule has 0 aliphatic heterocycles. The minimum atomic E-state index is -0.211. The molecule has 2 atom stereocenters. The first kappa shape index (κ1) is 27.5. The maximum atomic E-state index is 6.86. The van der Waals surface area contributed by atoms with Crippen LogP contribution in [0.5, 0.6) is 17.2 Å². The Balaban J connectivity index is 1.78. The number of benzene rings is 5. The number of rotatable bonds is 9. The highest BCUT2D eigenvalue weighted by Gasteiger charge is 2.26. The number of ether oxygens (including phenoxy) is 3. The van der Waals surface area contributed by atoms with E-state index >= 15 is 0 Å². The fourth-order valence-corrected chi connectivity index (χ4v) is 5.48. The van der Waals surface area contributed by atoms with Crippen molar-refractivity contribution in [2.75, 3.05) is 38.5 Å². The maximum Gasteiger partial charge on any atom is 0.142 e. The Bertz CT molecular complexity index is 1640. The highest BCUT2D eigenvalue weighted by molar-refractivity contribution is 5.68. The first-order valence-corrected chi connectivity index (χ1v) is 13.4. The van der Waals surface area contributed by atoms with Gasteiger partial charge in [0.2, 0.25) is 0 Å². The molecule has 0 heterocycles. The number of hydrogen-bond acceptors (Lipinski definition) is 6. The van der Waals surface area contributed by atoms with E-state index in [4.69, 9.17) is 31.4 Å². The van der Waals surface area contributed by atoms with Crippen LogP contribution in [0.3, 0.4) is 0 Å². The molecule has 0 saturated heterocycles. The van der Waals surface area contributed by atoms with Gasteiger partial charge in [-0.25, -0.2) is 0 Å². The first-order valence-electron chi connectivity index (χ1n) is 13.4. The van der Waals surface area contributed by atoms with Gasteiger partial charge < -0.3 is 31.4 Å². The standard InChI is InChI=1S/C35H35N3O3/c1-39-30-19-24(14-16-28(30)36)33(22-10-6-4-7-11-22)26-18-27(35(38)32(21-26)41-3)34(23-12-8-5-9-13-23)25-15-17-29(37)31(20-25)40-2/h4-21,33-34H,36-38H2,1-3H3. The van der Waals surface area contributed by atoms with Crippen molar-refractivity contribution in [2.45, 2.75) is 11.8 Å². The third-order valence-corrected chi connectivity index (χ3v) is 7.51. The zero-order valence-corrected chi connectivity index (χ0v) is 23.5. The summed E-state index contributed by atoms with van der Waals surface area (Å²) in [5, 5.41) is 0. The molecule has 0 aliphatic carbocycles. The number of methoxy groups -OCH3 is 3. The smallest absolute Gasteiger partial charge is 0.142 e. The molecule has 5 rings (SSSR count). The molecule has 0 bridgehead atoms. The molecular formula is C35H35N3O3. The van der Waals surface area contributed by atoms with Gasteiger partial charge in [0.15, 0.2) is 0 Å². The molecular weight excluding hydrogens is 510 g/mol. The minimum absolute atomic E-state index is 0.142. The van der Waals surface area contributed by atoms with Crippen LogP contribution in [0.1, 0.15) is 45.2 Å². The van der Waals surface area contributed by atoms with Crippen LogP contribution in [0.25, 0.3) is 0 Å². The Morgan fingerprint density at radius 3 is 1.37 bits per heavy atom. The molecule has 6 N–H and O–H groups in total. The Morgan fingerprint density at radius 2 is 0.878 bits per heavy atom. The van der Waals surface area contributed by atoms with Crippen LogP contribution in [0, 0.1) is 0 Å². The first-order chi connectivity index (χ1) is 19.9. The second-order valence-electron chi connectivity index (χ2n) is 9.92. The van der Waals surface area contributed by atoms with Crippen molar-refractivity contribution in [2.24, 2.45) is 0 Å². The van der Waals surface area contributed by atoms with Crippen molar-refractivity contribution in [3.8, 4) is 17.2 Å². The van der Waals surface area contributed by atoms with Gasteiger partial charge >= 0.3 is 0 Å². The number of nitrogens with two attached hydrogens (primary N) is 3. The van der Waals surface area contributed by atoms with Gasteiger partial charge in [-0.15, -0.1) is 0 Å². The van der Waals surface area contributed by atoms with Crippen LogP contribution in [0.15, 0.2) is 109 Å². The molecule has 0 aromatic heterocycles. The lowest BCUT2D eigenvalue weighted by molar-refractivity contribution is 0.415. The SMILES string of the molecule is COc1cc(C(c2ccccc2)c2cc(OC)c(N)c(C(c3ccccc3)c3ccc(N)c(OC)c3)c2)ccc1N. The van der Waals surface area contributed by atoms with Crippen LogP contribution < -0.4 is 31.4 Å². The van der Waals surface area contributed by atoms with Gasteiger partial charge in [0.05, 0.1) is 38.4 Å². The molecule has 6 heteroatoms. The third-order valence-electron chi connectivity index (χ3n) is 7.51. The molecule has 0 amide bonds. The lowest BCUT2D eigenvalue weighted by Crippen LogP contribution is -2.12. The summed E-state index contributed by atoms with van der Waals surface area (Å²) in [5.41, 5.74) is 27.1. The normalized spacial score (nSPS) is 12.4. The summed E-state index contributed by atoms with van der Waals surface area (Å²) >= 11 is 0. The molecule has 6 nitrogen and oxygen atoms in total. The molecule has 0 radical (unpaired) electrons. The topological polar surface area (TPSA) is 106 Å². The van der Waals surface area contributed by atoms with E-state index in [2.05, 4.69) is 30.3 Å². The molecule has 5 aromatic carbocycles. The fourth-order valence-electron chi connectivity index (χ4n) is 5.48. The zero-order chi connectivity index (χ0) is 28.9. The molecule has 0 aliphatic rings. The van der Waals surface area contributed by atoms with E-state index in [0.29, 0.717) is 34.3 Å². The molecule has 5 aromatic rings. The Morgan fingerprint density at radius 1 is 0.439 bits per heavy atom. The van der Waals surface area contributed by atoms with Gasteiger partial charge in [-0.1, -0.05) is 78.9 Å². The van der Waals surface area contributed by atoms with Crippen molar-refractivity contribution in [1.82, 2.24) is 0 Å². The van der Waals surface area contributed by atoms with Crippen molar-refractivity contribution in [1.29, 1.82) is 0 Å². The van der Waals surface area contributed by atoms with Gasteiger partial charge in [-0.3, -0.25) is 0 Å². The molecule has 41 heavy (non-hydrogen) atoms. The van der Waals surface area contributed by atoms with E-state index in [9.17, 15) is 0 Å². The Hall–Kier alpha value is -5.10. The molecule has 208 valence electrons. The lowest BCUT2D eigenvalue weighted by Gasteiger charge is -2.26. The summed E-state index contributed by atoms with van der Waals surface area (Å²) in [4.78, 5) is 0. The van der Waals surface area contributed by atoms with Crippen molar-refractivity contribution in [3.63, 3.8) is 0 Å². The van der Waals surface area contributed by atoms with Crippen LogP contribution in [-0.4, -0.2) is 21.3 Å². The third kappa shape index (κ3) is 5.50. The quantitative estimate of drug-likeness (QED) is 0.139. The number of hydrogen-bond donors (Lipinski definition) is 3. The molecule has 0 spiro atoms. The summed E-state index contributed by atoms with van der Waals surface area (Å²) in [5.74, 6) is 1.49. The number of anilines is 3. The van der Waals surface area contributed by atoms with Crippen molar-refractivity contribution in [3.05, 3.63) is 143 Å². The predicted octanol–water partition coefficient (Wildman–Crippen LogP) is 6.82. The van der Waals surface area contributed by atoms with E-state index in [1.165, 1.54) is 0 Å². The van der Waals surface area contributed by atoms with E-state index in [0.717, 1.165) is 33.4 Å². The van der Waals surface area contributed by atoms with Gasteiger partial charge in [0, 0.05) is 11.8 Å². The summed E-state index contributed by atoms with van der Waals surface area (Å²) in [6, 6.07) is 36.6. The average molecular weight is 546 g/mol. The van der Waals surface area contributed by atoms with Crippen molar-refractivity contribution < 1.29 is 14.2 Å². The van der Waals surface area contributed by atoms with E-state index in [-0.39, 0.29) is 11.8 Å². The van der Waals surface area contributed by atoms with Gasteiger partial charge in [0.25, 0.3) is 0 Å². The summed E-state index contributed by atoms with van der Waals surface area (Å²) in [6.07, 6.45) is 0. The van der Waals surface area contributed by atoms with Crippen LogP contribution >= 0.6 is 0 Å². The van der Waals surface area contributed by atoms with Gasteiger partial charge in [-0.05, 0) is 63.7 Å². The highest BCUT2D eigenvalue weighted by atomic mass is 16.5. The summed E-state index contributed by atoms with van der Waals surface area (Å²) in [7, 11) is 4.89. The largest absolute Gasteiger partial charge is 0.495 e. The second-order valence-corrected chi connectivity index (χ2v) is 9.92. The van der Waals surface area contributed by atoms with Gasteiger partial charge in [-0.2, -0.15) is 0 Å². The van der Waals surface area contributed by atoms with Gasteiger partial charge in [0.1, 0.15) is 17.2 Å². The van der Waals surface area contributed by atoms with Crippen LogP contribution in [-0.2, 0) is 0 Å². The zero-order valence-electron chi connectivity index (χ0n) is 23.5. The summed E-state index contributed by atoms with van der Waals surface area (Å²) < 4.78 is 17.1. The summed E-state index contributed by atoms with van der Waals surface area (Å²) in [6.45, 7) is 0.